The van der Waals surface area contributed by atoms with E-state index in [0.717, 1.165) is 36.5 Å². The van der Waals surface area contributed by atoms with Crippen LogP contribution in [0.4, 0.5) is 8.78 Å². The first-order valence-electron chi connectivity index (χ1n) is 7.22. The molecule has 2 aromatic rings. The molecule has 2 N–H and O–H groups in total. The molecule has 1 heterocycles. The third-order valence-corrected chi connectivity index (χ3v) is 3.75. The maximum Gasteiger partial charge on any atom is 0.159 e. The summed E-state index contributed by atoms with van der Waals surface area (Å²) in [5, 5.41) is 13.1. The van der Waals surface area contributed by atoms with Gasteiger partial charge in [0.05, 0.1) is 12.7 Å². The van der Waals surface area contributed by atoms with Crippen LogP contribution in [-0.2, 0) is 13.0 Å². The Hall–Kier alpha value is -1.98. The quantitative estimate of drug-likeness (QED) is 0.892. The van der Waals surface area contributed by atoms with Crippen molar-refractivity contribution in [2.24, 2.45) is 0 Å². The standard InChI is InChI=1S/C17H17F2NO2/c18-14-3-2-12(8-15(14)19)16(21)10-20-9-11-1-4-17-13(7-11)5-6-22-17/h1-4,7-8,16,20-21H,5-6,9-10H2/t16-/m0/s1. The Morgan fingerprint density at radius 1 is 1.14 bits per heavy atom. The molecule has 0 saturated carbocycles. The summed E-state index contributed by atoms with van der Waals surface area (Å²) in [5.74, 6) is -0.926. The summed E-state index contributed by atoms with van der Waals surface area (Å²) < 4.78 is 31.4. The van der Waals surface area contributed by atoms with Gasteiger partial charge in [0, 0.05) is 19.5 Å². The second-order valence-corrected chi connectivity index (χ2v) is 5.36. The number of halogens is 2. The minimum atomic E-state index is -0.949. The Morgan fingerprint density at radius 3 is 2.82 bits per heavy atom. The molecular weight excluding hydrogens is 288 g/mol. The second kappa shape index (κ2) is 6.42. The first-order valence-corrected chi connectivity index (χ1v) is 7.22. The average molecular weight is 305 g/mol. The zero-order valence-electron chi connectivity index (χ0n) is 12.0. The van der Waals surface area contributed by atoms with E-state index >= 15 is 0 Å². The van der Waals surface area contributed by atoms with Crippen LogP contribution in [0.5, 0.6) is 5.75 Å². The van der Waals surface area contributed by atoms with Gasteiger partial charge in [-0.05, 0) is 34.9 Å². The smallest absolute Gasteiger partial charge is 0.159 e. The van der Waals surface area contributed by atoms with Gasteiger partial charge in [0.1, 0.15) is 5.75 Å². The van der Waals surface area contributed by atoms with E-state index in [-0.39, 0.29) is 6.54 Å². The second-order valence-electron chi connectivity index (χ2n) is 5.36. The molecule has 5 heteroatoms. The molecule has 2 aromatic carbocycles. The van der Waals surface area contributed by atoms with Crippen molar-refractivity contribution in [1.82, 2.24) is 5.32 Å². The van der Waals surface area contributed by atoms with Crippen LogP contribution in [0.15, 0.2) is 36.4 Å². The fourth-order valence-corrected chi connectivity index (χ4v) is 2.54. The minimum Gasteiger partial charge on any atom is -0.493 e. The molecule has 0 unspecified atom stereocenters. The maximum atomic E-state index is 13.1. The summed E-state index contributed by atoms with van der Waals surface area (Å²) >= 11 is 0. The van der Waals surface area contributed by atoms with Crippen LogP contribution in [0.3, 0.4) is 0 Å². The zero-order chi connectivity index (χ0) is 15.5. The molecule has 1 atom stereocenters. The van der Waals surface area contributed by atoms with E-state index in [9.17, 15) is 13.9 Å². The van der Waals surface area contributed by atoms with Gasteiger partial charge in [-0.3, -0.25) is 0 Å². The van der Waals surface area contributed by atoms with E-state index in [0.29, 0.717) is 12.1 Å². The van der Waals surface area contributed by atoms with Gasteiger partial charge in [0.2, 0.25) is 0 Å². The number of ether oxygens (including phenoxy) is 1. The Bertz CT molecular complexity index is 676. The van der Waals surface area contributed by atoms with Gasteiger partial charge in [-0.2, -0.15) is 0 Å². The highest BCUT2D eigenvalue weighted by Crippen LogP contribution is 2.25. The van der Waals surface area contributed by atoms with Gasteiger partial charge in [0.25, 0.3) is 0 Å². The first-order chi connectivity index (χ1) is 10.6. The summed E-state index contributed by atoms with van der Waals surface area (Å²) in [6, 6.07) is 9.44. The lowest BCUT2D eigenvalue weighted by atomic mass is 10.1. The number of nitrogens with one attached hydrogen (secondary N) is 1. The number of aliphatic hydroxyl groups excluding tert-OH is 1. The van der Waals surface area contributed by atoms with E-state index in [1.165, 1.54) is 11.6 Å². The van der Waals surface area contributed by atoms with Crippen LogP contribution in [-0.4, -0.2) is 18.3 Å². The lowest BCUT2D eigenvalue weighted by Crippen LogP contribution is -2.21. The van der Waals surface area contributed by atoms with Gasteiger partial charge in [-0.15, -0.1) is 0 Å². The highest BCUT2D eigenvalue weighted by molar-refractivity contribution is 5.39. The summed E-state index contributed by atoms with van der Waals surface area (Å²) in [4.78, 5) is 0. The summed E-state index contributed by atoms with van der Waals surface area (Å²) in [7, 11) is 0. The molecule has 1 aliphatic heterocycles. The number of hydrogen-bond acceptors (Lipinski definition) is 3. The molecule has 0 amide bonds. The normalized spacial score (nSPS) is 14.5. The van der Waals surface area contributed by atoms with Crippen LogP contribution in [0.25, 0.3) is 0 Å². The fraction of sp³-hybridized carbons (Fsp3) is 0.294. The molecule has 0 radical (unpaired) electrons. The fourth-order valence-electron chi connectivity index (χ4n) is 2.54. The topological polar surface area (TPSA) is 41.5 Å². The first kappa shape index (κ1) is 14.9. The molecule has 0 aromatic heterocycles. The number of fused-ring (bicyclic) bond motifs is 1. The van der Waals surface area contributed by atoms with Gasteiger partial charge in [0.15, 0.2) is 11.6 Å². The van der Waals surface area contributed by atoms with Gasteiger partial charge < -0.3 is 15.2 Å². The predicted molar refractivity (Wildman–Crippen MR) is 78.7 cm³/mol. The molecule has 22 heavy (non-hydrogen) atoms. The van der Waals surface area contributed by atoms with E-state index in [4.69, 9.17) is 4.74 Å². The average Bonchev–Trinajstić information content (AvgIpc) is 2.97. The largest absolute Gasteiger partial charge is 0.493 e. The van der Waals surface area contributed by atoms with Crippen molar-refractivity contribution < 1.29 is 18.6 Å². The lowest BCUT2D eigenvalue weighted by molar-refractivity contribution is 0.173. The SMILES string of the molecule is O[C@@H](CNCc1ccc2c(c1)CCO2)c1ccc(F)c(F)c1. The van der Waals surface area contributed by atoms with Crippen molar-refractivity contribution in [2.75, 3.05) is 13.2 Å². The van der Waals surface area contributed by atoms with Crippen molar-refractivity contribution in [2.45, 2.75) is 19.1 Å². The molecule has 3 nitrogen and oxygen atoms in total. The monoisotopic (exact) mass is 305 g/mol. The molecule has 0 aliphatic carbocycles. The Morgan fingerprint density at radius 2 is 2.00 bits per heavy atom. The van der Waals surface area contributed by atoms with Crippen LogP contribution < -0.4 is 10.1 Å². The summed E-state index contributed by atoms with van der Waals surface area (Å²) in [6.45, 7) is 1.58. The van der Waals surface area contributed by atoms with Crippen LogP contribution >= 0.6 is 0 Å². The van der Waals surface area contributed by atoms with Crippen LogP contribution in [0.1, 0.15) is 22.8 Å². The molecule has 0 bridgehead atoms. The zero-order valence-corrected chi connectivity index (χ0v) is 12.0. The van der Waals surface area contributed by atoms with E-state index in [1.54, 1.807) is 0 Å². The van der Waals surface area contributed by atoms with Crippen LogP contribution in [0, 0.1) is 11.6 Å². The van der Waals surface area contributed by atoms with E-state index < -0.39 is 17.7 Å². The molecule has 0 spiro atoms. The van der Waals surface area contributed by atoms with E-state index in [1.807, 2.05) is 12.1 Å². The van der Waals surface area contributed by atoms with E-state index in [2.05, 4.69) is 11.4 Å². The molecule has 1 aliphatic rings. The molecular formula is C17H17F2NO2. The Kier molecular flexibility index (Phi) is 4.36. The maximum absolute atomic E-state index is 13.1. The van der Waals surface area contributed by atoms with Crippen molar-refractivity contribution in [3.8, 4) is 5.75 Å². The third-order valence-electron chi connectivity index (χ3n) is 3.75. The van der Waals surface area contributed by atoms with Crippen molar-refractivity contribution in [3.63, 3.8) is 0 Å². The lowest BCUT2D eigenvalue weighted by Gasteiger charge is -2.13. The Balaban J connectivity index is 1.55. The predicted octanol–water partition coefficient (Wildman–Crippen LogP) is 2.72. The van der Waals surface area contributed by atoms with Crippen molar-refractivity contribution >= 4 is 0 Å². The van der Waals surface area contributed by atoms with Crippen molar-refractivity contribution in [1.29, 1.82) is 0 Å². The highest BCUT2D eigenvalue weighted by Gasteiger charge is 2.13. The molecule has 0 fully saturated rings. The number of aliphatic hydroxyl groups is 1. The van der Waals surface area contributed by atoms with Crippen LogP contribution in [0.2, 0.25) is 0 Å². The number of rotatable bonds is 5. The van der Waals surface area contributed by atoms with Crippen molar-refractivity contribution in [3.05, 3.63) is 64.7 Å². The molecule has 0 saturated heterocycles. The van der Waals surface area contributed by atoms with Gasteiger partial charge >= 0.3 is 0 Å². The minimum absolute atomic E-state index is 0.263. The highest BCUT2D eigenvalue weighted by atomic mass is 19.2. The number of hydrogen-bond donors (Lipinski definition) is 2. The summed E-state index contributed by atoms with van der Waals surface area (Å²) in [6.07, 6.45) is 0.0357. The van der Waals surface area contributed by atoms with Gasteiger partial charge in [-0.25, -0.2) is 8.78 Å². The van der Waals surface area contributed by atoms with Gasteiger partial charge in [-0.1, -0.05) is 18.2 Å². The third kappa shape index (κ3) is 3.26. The molecule has 116 valence electrons. The molecule has 3 rings (SSSR count). The Labute approximate surface area is 127 Å². The summed E-state index contributed by atoms with van der Waals surface area (Å²) in [5.41, 5.74) is 2.65. The number of benzene rings is 2.